The molecule has 27 heavy (non-hydrogen) atoms. The lowest BCUT2D eigenvalue weighted by Gasteiger charge is -2.10. The number of halogens is 1. The van der Waals surface area contributed by atoms with Gasteiger partial charge in [0, 0.05) is 31.4 Å². The molecule has 0 amide bonds. The third kappa shape index (κ3) is 5.41. The van der Waals surface area contributed by atoms with Gasteiger partial charge in [-0.25, -0.2) is 15.0 Å². The molecule has 0 saturated carbocycles. The van der Waals surface area contributed by atoms with E-state index in [4.69, 9.17) is 0 Å². The molecule has 1 aromatic carbocycles. The zero-order chi connectivity index (χ0) is 18.5. The number of para-hydroxylation sites is 2. The minimum atomic E-state index is 0. The molecule has 2 heterocycles. The standard InChI is InChI=1S/C19H26N6S.HI/c1-5-20-19(21-11-10-18-23-13(2)14(3)26-18)22-12-17-24-15-8-6-7-9-16(15)25(17)4;/h6-9H,5,10-12H2,1-4H3,(H2,20,21,22);1H. The maximum atomic E-state index is 4.69. The van der Waals surface area contributed by atoms with Gasteiger partial charge in [0.05, 0.1) is 21.7 Å². The van der Waals surface area contributed by atoms with E-state index in [-0.39, 0.29) is 24.0 Å². The second kappa shape index (κ2) is 10.0. The zero-order valence-corrected chi connectivity index (χ0v) is 19.4. The first-order chi connectivity index (χ1) is 12.6. The van der Waals surface area contributed by atoms with E-state index < -0.39 is 0 Å². The van der Waals surface area contributed by atoms with Gasteiger partial charge in [-0.1, -0.05) is 12.1 Å². The molecule has 0 bridgehead atoms. The normalized spacial score (nSPS) is 11.5. The zero-order valence-electron chi connectivity index (χ0n) is 16.2. The Labute approximate surface area is 181 Å². The van der Waals surface area contributed by atoms with Crippen LogP contribution in [0, 0.1) is 13.8 Å². The Kier molecular flexibility index (Phi) is 8.03. The van der Waals surface area contributed by atoms with E-state index in [2.05, 4.69) is 57.0 Å². The second-order valence-corrected chi connectivity index (χ2v) is 7.48. The van der Waals surface area contributed by atoms with Gasteiger partial charge in [0.1, 0.15) is 12.4 Å². The van der Waals surface area contributed by atoms with Crippen molar-refractivity contribution in [1.29, 1.82) is 0 Å². The predicted molar refractivity (Wildman–Crippen MR) is 124 cm³/mol. The molecule has 146 valence electrons. The molecule has 3 aromatic rings. The molecule has 0 aliphatic rings. The third-order valence-electron chi connectivity index (χ3n) is 4.31. The number of nitrogens with zero attached hydrogens (tertiary/aromatic N) is 4. The maximum absolute atomic E-state index is 4.69. The molecule has 0 aliphatic carbocycles. The molecule has 3 rings (SSSR count). The summed E-state index contributed by atoms with van der Waals surface area (Å²) in [5.41, 5.74) is 3.27. The number of aromatic nitrogens is 3. The van der Waals surface area contributed by atoms with Crippen molar-refractivity contribution in [3.63, 3.8) is 0 Å². The van der Waals surface area contributed by atoms with Crippen LogP contribution in [0.2, 0.25) is 0 Å². The summed E-state index contributed by atoms with van der Waals surface area (Å²) in [6.45, 7) is 8.41. The number of rotatable bonds is 6. The van der Waals surface area contributed by atoms with Gasteiger partial charge in [0.25, 0.3) is 0 Å². The Hall–Kier alpha value is -1.68. The van der Waals surface area contributed by atoms with Crippen molar-refractivity contribution in [3.05, 3.63) is 45.7 Å². The Bertz CT molecular complexity index is 895. The predicted octanol–water partition coefficient (Wildman–Crippen LogP) is 3.56. The van der Waals surface area contributed by atoms with Gasteiger partial charge in [-0.2, -0.15) is 0 Å². The van der Waals surface area contributed by atoms with Crippen LogP contribution in [-0.4, -0.2) is 33.6 Å². The number of fused-ring (bicyclic) bond motifs is 1. The quantitative estimate of drug-likeness (QED) is 0.310. The highest BCUT2D eigenvalue weighted by molar-refractivity contribution is 14.0. The lowest BCUT2D eigenvalue weighted by Crippen LogP contribution is -2.38. The fourth-order valence-corrected chi connectivity index (χ4v) is 3.70. The number of guanidine groups is 1. The summed E-state index contributed by atoms with van der Waals surface area (Å²) in [5.74, 6) is 1.76. The van der Waals surface area contributed by atoms with E-state index in [9.17, 15) is 0 Å². The van der Waals surface area contributed by atoms with Crippen molar-refractivity contribution in [2.24, 2.45) is 12.0 Å². The number of hydrogen-bond acceptors (Lipinski definition) is 4. The molecule has 2 aromatic heterocycles. The monoisotopic (exact) mass is 498 g/mol. The number of thiazole rings is 1. The SMILES string of the molecule is CCNC(=NCc1nc2ccccc2n1C)NCCc1nc(C)c(C)s1.I. The smallest absolute Gasteiger partial charge is 0.191 e. The fraction of sp³-hybridized carbons (Fsp3) is 0.421. The number of aliphatic imine (C=N–C) groups is 1. The summed E-state index contributed by atoms with van der Waals surface area (Å²) in [4.78, 5) is 15.2. The Morgan fingerprint density at radius 2 is 1.96 bits per heavy atom. The first kappa shape index (κ1) is 21.6. The minimum absolute atomic E-state index is 0. The van der Waals surface area contributed by atoms with Crippen LogP contribution in [0.3, 0.4) is 0 Å². The van der Waals surface area contributed by atoms with Crippen molar-refractivity contribution >= 4 is 52.3 Å². The summed E-state index contributed by atoms with van der Waals surface area (Å²) in [7, 11) is 2.04. The highest BCUT2D eigenvalue weighted by Crippen LogP contribution is 2.16. The Morgan fingerprint density at radius 3 is 2.63 bits per heavy atom. The lowest BCUT2D eigenvalue weighted by atomic mass is 10.3. The van der Waals surface area contributed by atoms with Crippen LogP contribution in [0.15, 0.2) is 29.3 Å². The average molecular weight is 498 g/mol. The van der Waals surface area contributed by atoms with Crippen LogP contribution in [0.25, 0.3) is 11.0 Å². The molecule has 2 N–H and O–H groups in total. The molecule has 0 aliphatic heterocycles. The van der Waals surface area contributed by atoms with Gasteiger partial charge in [0.15, 0.2) is 5.96 Å². The molecule has 0 unspecified atom stereocenters. The maximum Gasteiger partial charge on any atom is 0.191 e. The third-order valence-corrected chi connectivity index (χ3v) is 5.44. The van der Waals surface area contributed by atoms with Crippen LogP contribution < -0.4 is 10.6 Å². The van der Waals surface area contributed by atoms with Crippen LogP contribution >= 0.6 is 35.3 Å². The Balaban J connectivity index is 0.00000261. The topological polar surface area (TPSA) is 67.1 Å². The van der Waals surface area contributed by atoms with Gasteiger partial charge in [-0.15, -0.1) is 35.3 Å². The molecule has 0 atom stereocenters. The van der Waals surface area contributed by atoms with E-state index in [1.807, 2.05) is 25.2 Å². The second-order valence-electron chi connectivity index (χ2n) is 6.20. The van der Waals surface area contributed by atoms with Crippen LogP contribution in [0.5, 0.6) is 0 Å². The van der Waals surface area contributed by atoms with Crippen molar-refractivity contribution in [3.8, 4) is 0 Å². The van der Waals surface area contributed by atoms with Crippen molar-refractivity contribution in [1.82, 2.24) is 25.2 Å². The van der Waals surface area contributed by atoms with E-state index in [0.717, 1.165) is 48.0 Å². The number of hydrogen-bond donors (Lipinski definition) is 2. The minimum Gasteiger partial charge on any atom is -0.357 e. The van der Waals surface area contributed by atoms with Crippen molar-refractivity contribution in [2.75, 3.05) is 13.1 Å². The van der Waals surface area contributed by atoms with E-state index >= 15 is 0 Å². The molecule has 8 heteroatoms. The summed E-state index contributed by atoms with van der Waals surface area (Å²) in [5, 5.41) is 7.85. The average Bonchev–Trinajstić information content (AvgIpc) is 3.12. The van der Waals surface area contributed by atoms with Crippen LogP contribution in [-0.2, 0) is 20.0 Å². The highest BCUT2D eigenvalue weighted by atomic mass is 127. The van der Waals surface area contributed by atoms with Crippen molar-refractivity contribution < 1.29 is 0 Å². The van der Waals surface area contributed by atoms with E-state index in [0.29, 0.717) is 6.54 Å². The summed E-state index contributed by atoms with van der Waals surface area (Å²) < 4.78 is 2.10. The summed E-state index contributed by atoms with van der Waals surface area (Å²) >= 11 is 1.77. The molecule has 0 saturated heterocycles. The molecule has 0 fully saturated rings. The molecule has 0 radical (unpaired) electrons. The molecule has 6 nitrogen and oxygen atoms in total. The number of aryl methyl sites for hydroxylation is 3. The van der Waals surface area contributed by atoms with Crippen LogP contribution in [0.4, 0.5) is 0 Å². The summed E-state index contributed by atoms with van der Waals surface area (Å²) in [6, 6.07) is 8.15. The van der Waals surface area contributed by atoms with Gasteiger partial charge < -0.3 is 15.2 Å². The first-order valence-corrected chi connectivity index (χ1v) is 9.75. The first-order valence-electron chi connectivity index (χ1n) is 8.94. The van der Waals surface area contributed by atoms with Crippen molar-refractivity contribution in [2.45, 2.75) is 33.7 Å². The van der Waals surface area contributed by atoms with Crippen LogP contribution in [0.1, 0.15) is 28.3 Å². The molecular formula is C19H27IN6S. The highest BCUT2D eigenvalue weighted by Gasteiger charge is 2.07. The van der Waals surface area contributed by atoms with Gasteiger partial charge >= 0.3 is 0 Å². The molecular weight excluding hydrogens is 471 g/mol. The van der Waals surface area contributed by atoms with Gasteiger partial charge in [0.2, 0.25) is 0 Å². The number of benzene rings is 1. The summed E-state index contributed by atoms with van der Waals surface area (Å²) in [6.07, 6.45) is 0.899. The lowest BCUT2D eigenvalue weighted by molar-refractivity contribution is 0.770. The Morgan fingerprint density at radius 1 is 1.19 bits per heavy atom. The van der Waals surface area contributed by atoms with Gasteiger partial charge in [-0.3, -0.25) is 0 Å². The largest absolute Gasteiger partial charge is 0.357 e. The van der Waals surface area contributed by atoms with Gasteiger partial charge in [-0.05, 0) is 32.9 Å². The molecule has 0 spiro atoms. The van der Waals surface area contributed by atoms with E-state index in [1.54, 1.807) is 11.3 Å². The number of nitrogens with one attached hydrogen (secondary N) is 2. The number of imidazole rings is 1. The van der Waals surface area contributed by atoms with E-state index in [1.165, 1.54) is 9.88 Å². The fourth-order valence-electron chi connectivity index (χ4n) is 2.76.